The first-order chi connectivity index (χ1) is 14.1. The summed E-state index contributed by atoms with van der Waals surface area (Å²) in [4.78, 5) is 14.8. The molecule has 1 aromatic heterocycles. The Morgan fingerprint density at radius 3 is 2.43 bits per heavy atom. The van der Waals surface area contributed by atoms with Crippen molar-refractivity contribution in [3.8, 4) is 0 Å². The van der Waals surface area contributed by atoms with Crippen molar-refractivity contribution in [2.24, 2.45) is 13.0 Å². The van der Waals surface area contributed by atoms with E-state index in [9.17, 15) is 4.79 Å². The Bertz CT molecular complexity index is 1040. The maximum Gasteiger partial charge on any atom is 0.258 e. The zero-order valence-electron chi connectivity index (χ0n) is 18.2. The van der Waals surface area contributed by atoms with Gasteiger partial charge in [0, 0.05) is 26.7 Å². The van der Waals surface area contributed by atoms with E-state index in [-0.39, 0.29) is 19.7 Å². The van der Waals surface area contributed by atoms with Gasteiger partial charge in [-0.3, -0.25) is 4.79 Å². The summed E-state index contributed by atoms with van der Waals surface area (Å²) in [5.74, 6) is 1.74. The molecule has 1 fully saturated rings. The van der Waals surface area contributed by atoms with Crippen LogP contribution < -0.4 is 4.90 Å². The Morgan fingerprint density at radius 2 is 1.80 bits per heavy atom. The Hall–Kier alpha value is -2.89. The lowest BCUT2D eigenvalue weighted by Crippen LogP contribution is -2.43. The average Bonchev–Trinajstić information content (AvgIpc) is 3.31. The predicted octanol–water partition coefficient (Wildman–Crippen LogP) is 4.34. The topological polar surface area (TPSA) is 51.0 Å². The van der Waals surface area contributed by atoms with E-state index < -0.39 is 0 Å². The maximum atomic E-state index is 12.9. The minimum absolute atomic E-state index is 0. The molecule has 5 rings (SSSR count). The molecule has 0 bridgehead atoms. The smallest absolute Gasteiger partial charge is 0.258 e. The number of hydrogen-bond acceptors (Lipinski definition) is 3. The number of anilines is 1. The SMILES string of the molecule is CC.CC1CC(c2cccc(N3Cc4ccccc4C3=O)c2)(c2nncn2C)C1.[B]. The van der Waals surface area contributed by atoms with Crippen molar-refractivity contribution in [1.82, 2.24) is 14.8 Å². The van der Waals surface area contributed by atoms with Crippen LogP contribution in [0.2, 0.25) is 0 Å². The second-order valence-corrected chi connectivity index (χ2v) is 7.96. The number of amides is 1. The summed E-state index contributed by atoms with van der Waals surface area (Å²) in [6.45, 7) is 6.91. The Balaban J connectivity index is 0.000000830. The van der Waals surface area contributed by atoms with Crippen LogP contribution in [0.25, 0.3) is 0 Å². The highest BCUT2D eigenvalue weighted by Crippen LogP contribution is 2.52. The number of aryl methyl sites for hydroxylation is 1. The van der Waals surface area contributed by atoms with E-state index in [1.807, 2.05) is 60.7 Å². The summed E-state index contributed by atoms with van der Waals surface area (Å²) in [6, 6.07) is 16.3. The third-order valence-corrected chi connectivity index (χ3v) is 6.07. The van der Waals surface area contributed by atoms with Gasteiger partial charge < -0.3 is 9.47 Å². The predicted molar refractivity (Wildman–Crippen MR) is 121 cm³/mol. The Labute approximate surface area is 180 Å². The molecule has 2 heterocycles. The second-order valence-electron chi connectivity index (χ2n) is 7.96. The first-order valence-electron chi connectivity index (χ1n) is 10.4. The lowest BCUT2D eigenvalue weighted by atomic mass is 9.58. The van der Waals surface area contributed by atoms with Gasteiger partial charge in [0.15, 0.2) is 0 Å². The number of aromatic nitrogens is 3. The van der Waals surface area contributed by atoms with Gasteiger partial charge in [-0.1, -0.05) is 51.1 Å². The molecule has 1 aliphatic carbocycles. The molecule has 2 aliphatic rings. The summed E-state index contributed by atoms with van der Waals surface area (Å²) in [5, 5.41) is 8.54. The number of hydrogen-bond donors (Lipinski definition) is 0. The first kappa shape index (κ1) is 21.8. The molecule has 2 aromatic carbocycles. The standard InChI is InChI=1S/C22H22N4O.C2H6.B/c1-15-11-22(12-15,21-24-23-14-25(21)2)17-7-5-8-18(10-17)26-13-16-6-3-4-9-19(16)20(26)27;1-2;/h3-10,14-15H,11-13H2,1-2H3;1-2H3;. The van der Waals surface area contributed by atoms with E-state index in [4.69, 9.17) is 0 Å². The number of carbonyl (C=O) groups is 1. The van der Waals surface area contributed by atoms with Gasteiger partial charge in [0.05, 0.1) is 12.0 Å². The van der Waals surface area contributed by atoms with Crippen LogP contribution in [0.1, 0.15) is 60.9 Å². The number of carbonyl (C=O) groups excluding carboxylic acids is 1. The van der Waals surface area contributed by atoms with Crippen molar-refractivity contribution in [3.63, 3.8) is 0 Å². The highest BCUT2D eigenvalue weighted by atomic mass is 16.2. The van der Waals surface area contributed by atoms with Crippen LogP contribution in [0.3, 0.4) is 0 Å². The number of nitrogens with zero attached hydrogens (tertiary/aromatic N) is 4. The van der Waals surface area contributed by atoms with Crippen molar-refractivity contribution in [3.05, 3.63) is 77.4 Å². The summed E-state index contributed by atoms with van der Waals surface area (Å²) in [5.41, 5.74) is 3.96. The van der Waals surface area contributed by atoms with Gasteiger partial charge in [0.2, 0.25) is 0 Å². The van der Waals surface area contributed by atoms with Crippen molar-refractivity contribution in [2.75, 3.05) is 4.90 Å². The molecule has 153 valence electrons. The fourth-order valence-electron chi connectivity index (χ4n) is 4.83. The fourth-order valence-corrected chi connectivity index (χ4v) is 4.83. The van der Waals surface area contributed by atoms with Crippen molar-refractivity contribution in [1.29, 1.82) is 0 Å². The van der Waals surface area contributed by atoms with E-state index in [2.05, 4.69) is 35.3 Å². The lowest BCUT2D eigenvalue weighted by molar-refractivity contribution is 0.0996. The molecule has 5 nitrogen and oxygen atoms in total. The Kier molecular flexibility index (Phi) is 6.15. The van der Waals surface area contributed by atoms with Crippen LogP contribution in [-0.2, 0) is 19.0 Å². The van der Waals surface area contributed by atoms with Gasteiger partial charge in [-0.25, -0.2) is 0 Å². The van der Waals surface area contributed by atoms with E-state index in [0.717, 1.165) is 35.5 Å². The van der Waals surface area contributed by atoms with Gasteiger partial charge in [-0.15, -0.1) is 10.2 Å². The van der Waals surface area contributed by atoms with E-state index in [1.54, 1.807) is 6.33 Å². The Morgan fingerprint density at radius 1 is 1.07 bits per heavy atom. The maximum absolute atomic E-state index is 12.9. The van der Waals surface area contributed by atoms with Crippen LogP contribution in [0.15, 0.2) is 54.9 Å². The average molecular weight is 399 g/mol. The largest absolute Gasteiger partial charge is 0.320 e. The molecule has 0 unspecified atom stereocenters. The molecule has 1 amide bonds. The van der Waals surface area contributed by atoms with Crippen LogP contribution in [0, 0.1) is 5.92 Å². The van der Waals surface area contributed by atoms with E-state index >= 15 is 0 Å². The molecule has 3 aromatic rings. The third kappa shape index (κ3) is 3.34. The van der Waals surface area contributed by atoms with Crippen LogP contribution in [0.5, 0.6) is 0 Å². The molecule has 0 spiro atoms. The summed E-state index contributed by atoms with van der Waals surface area (Å²) in [6.07, 6.45) is 3.87. The third-order valence-electron chi connectivity index (χ3n) is 6.07. The molecule has 3 radical (unpaired) electrons. The van der Waals surface area contributed by atoms with Crippen molar-refractivity contribution < 1.29 is 4.79 Å². The molecule has 6 heteroatoms. The molecule has 30 heavy (non-hydrogen) atoms. The number of benzene rings is 2. The second kappa shape index (κ2) is 8.46. The quantitative estimate of drug-likeness (QED) is 0.616. The highest BCUT2D eigenvalue weighted by molar-refractivity contribution is 6.10. The molecule has 0 N–H and O–H groups in total. The van der Waals surface area contributed by atoms with E-state index in [1.165, 1.54) is 5.56 Å². The van der Waals surface area contributed by atoms with E-state index in [0.29, 0.717) is 12.5 Å². The van der Waals surface area contributed by atoms with Gasteiger partial charge in [-0.05, 0) is 48.1 Å². The van der Waals surface area contributed by atoms with Crippen LogP contribution in [-0.4, -0.2) is 29.1 Å². The van der Waals surface area contributed by atoms with Gasteiger partial charge in [0.25, 0.3) is 5.91 Å². The first-order valence-corrected chi connectivity index (χ1v) is 10.4. The summed E-state index contributed by atoms with van der Waals surface area (Å²) in [7, 11) is 2.00. The molecular weight excluding hydrogens is 371 g/mol. The van der Waals surface area contributed by atoms with Crippen molar-refractivity contribution >= 4 is 20.0 Å². The summed E-state index contributed by atoms with van der Waals surface area (Å²) >= 11 is 0. The molecule has 1 aliphatic heterocycles. The zero-order valence-corrected chi connectivity index (χ0v) is 18.2. The molecule has 0 saturated heterocycles. The number of fused-ring (bicyclic) bond motifs is 1. The monoisotopic (exact) mass is 399 g/mol. The minimum Gasteiger partial charge on any atom is -0.320 e. The fraction of sp³-hybridized carbons (Fsp3) is 0.375. The van der Waals surface area contributed by atoms with Crippen LogP contribution >= 0.6 is 0 Å². The van der Waals surface area contributed by atoms with Gasteiger partial charge in [-0.2, -0.15) is 0 Å². The lowest BCUT2D eigenvalue weighted by Gasteiger charge is -2.46. The molecule has 0 atom stereocenters. The number of rotatable bonds is 3. The van der Waals surface area contributed by atoms with Crippen molar-refractivity contribution in [2.45, 2.75) is 45.6 Å². The van der Waals surface area contributed by atoms with Crippen LogP contribution in [0.4, 0.5) is 5.69 Å². The zero-order chi connectivity index (χ0) is 20.6. The summed E-state index contributed by atoms with van der Waals surface area (Å²) < 4.78 is 2.02. The normalized spacial score (nSPS) is 21.8. The highest BCUT2D eigenvalue weighted by Gasteiger charge is 2.48. The minimum atomic E-state index is -0.115. The molecule has 1 saturated carbocycles. The van der Waals surface area contributed by atoms with Gasteiger partial charge >= 0.3 is 0 Å². The van der Waals surface area contributed by atoms with Gasteiger partial charge in [0.1, 0.15) is 12.2 Å². The molecular formula is C24H28BN4O.